The molecule has 3 rings (SSSR count). The van der Waals surface area contributed by atoms with Crippen molar-refractivity contribution in [3.05, 3.63) is 32.6 Å². The second-order valence-corrected chi connectivity index (χ2v) is 5.74. The van der Waals surface area contributed by atoms with Crippen LogP contribution in [0.2, 0.25) is 0 Å². The normalized spacial score (nSPS) is 12.5. The molecule has 96 valence electrons. The van der Waals surface area contributed by atoms with Crippen LogP contribution in [0.25, 0.3) is 11.3 Å². The van der Waals surface area contributed by atoms with Gasteiger partial charge in [-0.25, -0.2) is 4.98 Å². The minimum Gasteiger partial charge on any atom is -0.354 e. The highest BCUT2D eigenvalue weighted by Crippen LogP contribution is 2.37. The van der Waals surface area contributed by atoms with Crippen molar-refractivity contribution >= 4 is 16.5 Å². The lowest BCUT2D eigenvalue weighted by molar-refractivity contribution is 0.894. The van der Waals surface area contributed by atoms with Crippen molar-refractivity contribution in [2.45, 2.75) is 12.8 Å². The van der Waals surface area contributed by atoms with E-state index in [1.165, 1.54) is 4.88 Å². The largest absolute Gasteiger partial charge is 0.354 e. The molecule has 0 aromatic carbocycles. The molecular weight excluding hydrogens is 260 g/mol. The molecule has 5 nitrogen and oxygen atoms in total. The number of aromatic amines is 1. The van der Waals surface area contributed by atoms with E-state index < -0.39 is 0 Å². The van der Waals surface area contributed by atoms with Gasteiger partial charge in [-0.2, -0.15) is 5.26 Å². The quantitative estimate of drug-likeness (QED) is 0.854. The highest BCUT2D eigenvalue weighted by molar-refractivity contribution is 7.16. The molecule has 1 N–H and O–H groups in total. The van der Waals surface area contributed by atoms with Crippen LogP contribution in [0.4, 0.5) is 5.13 Å². The fourth-order valence-corrected chi connectivity index (χ4v) is 3.21. The Morgan fingerprint density at radius 1 is 1.47 bits per heavy atom. The first-order valence-corrected chi connectivity index (χ1v) is 6.75. The van der Waals surface area contributed by atoms with Crippen molar-refractivity contribution in [1.29, 1.82) is 5.26 Å². The minimum absolute atomic E-state index is 0.144. The Kier molecular flexibility index (Phi) is 2.64. The average Bonchev–Trinajstić information content (AvgIpc) is 2.82. The summed E-state index contributed by atoms with van der Waals surface area (Å²) in [6.07, 6.45) is 1.67. The highest BCUT2D eigenvalue weighted by Gasteiger charge is 2.23. The molecule has 0 atom stereocenters. The van der Waals surface area contributed by atoms with Gasteiger partial charge in [-0.05, 0) is 18.9 Å². The van der Waals surface area contributed by atoms with E-state index in [2.05, 4.69) is 9.97 Å². The van der Waals surface area contributed by atoms with E-state index in [1.54, 1.807) is 17.4 Å². The minimum atomic E-state index is -0.312. The third-order valence-corrected chi connectivity index (χ3v) is 4.45. The number of rotatable bonds is 1. The second kappa shape index (κ2) is 4.21. The molecule has 0 unspecified atom stereocenters. The number of anilines is 1. The van der Waals surface area contributed by atoms with Crippen molar-refractivity contribution in [3.8, 4) is 17.3 Å². The number of nitriles is 1. The summed E-state index contributed by atoms with van der Waals surface area (Å²) in [7, 11) is 3.91. The number of pyridine rings is 1. The van der Waals surface area contributed by atoms with Gasteiger partial charge in [-0.1, -0.05) is 0 Å². The molecule has 0 saturated heterocycles. The predicted octanol–water partition coefficient (Wildman–Crippen LogP) is 1.53. The maximum atomic E-state index is 11.6. The number of nitrogens with one attached hydrogen (secondary N) is 1. The number of aromatic nitrogens is 2. The Hall–Kier alpha value is -2.13. The van der Waals surface area contributed by atoms with E-state index in [-0.39, 0.29) is 11.1 Å². The summed E-state index contributed by atoms with van der Waals surface area (Å²) < 4.78 is 0. The summed E-state index contributed by atoms with van der Waals surface area (Å²) in [4.78, 5) is 22.2. The Balaban J connectivity index is 2.23. The Labute approximate surface area is 114 Å². The van der Waals surface area contributed by atoms with Gasteiger partial charge in [-0.15, -0.1) is 11.3 Å². The van der Waals surface area contributed by atoms with Crippen molar-refractivity contribution in [2.75, 3.05) is 19.0 Å². The summed E-state index contributed by atoms with van der Waals surface area (Å²) in [5, 5.41) is 9.91. The molecule has 2 heterocycles. The lowest BCUT2D eigenvalue weighted by atomic mass is 9.97. The molecule has 2 aromatic rings. The van der Waals surface area contributed by atoms with Crippen molar-refractivity contribution in [1.82, 2.24) is 9.97 Å². The molecule has 0 aliphatic heterocycles. The first kappa shape index (κ1) is 11.9. The summed E-state index contributed by atoms with van der Waals surface area (Å²) in [6, 6.07) is 3.59. The maximum Gasteiger partial charge on any atom is 0.266 e. The second-order valence-electron chi connectivity index (χ2n) is 4.68. The SMILES string of the molecule is CN(C)c1nc2c(s1)CCc1[nH]c(=O)c(C#N)cc1-2. The van der Waals surface area contributed by atoms with Gasteiger partial charge in [0.1, 0.15) is 11.6 Å². The van der Waals surface area contributed by atoms with Gasteiger partial charge in [-0.3, -0.25) is 4.79 Å². The highest BCUT2D eigenvalue weighted by atomic mass is 32.1. The van der Waals surface area contributed by atoms with Crippen LogP contribution in [0.15, 0.2) is 10.9 Å². The van der Waals surface area contributed by atoms with Gasteiger partial charge in [0.25, 0.3) is 5.56 Å². The van der Waals surface area contributed by atoms with Crippen LogP contribution >= 0.6 is 11.3 Å². The molecule has 0 saturated carbocycles. The number of nitrogens with zero attached hydrogens (tertiary/aromatic N) is 3. The lowest BCUT2D eigenvalue weighted by Crippen LogP contribution is -2.16. The fourth-order valence-electron chi connectivity index (χ4n) is 2.21. The third kappa shape index (κ3) is 1.83. The zero-order valence-corrected chi connectivity index (χ0v) is 11.5. The Morgan fingerprint density at radius 2 is 2.26 bits per heavy atom. The van der Waals surface area contributed by atoms with Crippen LogP contribution in [0.3, 0.4) is 0 Å². The van der Waals surface area contributed by atoms with Crippen LogP contribution in [-0.2, 0) is 12.8 Å². The first-order chi connectivity index (χ1) is 9.10. The molecule has 0 radical (unpaired) electrons. The third-order valence-electron chi connectivity index (χ3n) is 3.17. The van der Waals surface area contributed by atoms with Crippen LogP contribution in [0.5, 0.6) is 0 Å². The van der Waals surface area contributed by atoms with E-state index in [1.807, 2.05) is 25.1 Å². The van der Waals surface area contributed by atoms with Crippen molar-refractivity contribution < 1.29 is 0 Å². The predicted molar refractivity (Wildman–Crippen MR) is 74.6 cm³/mol. The number of thiazole rings is 1. The maximum absolute atomic E-state index is 11.6. The van der Waals surface area contributed by atoms with Crippen LogP contribution < -0.4 is 10.5 Å². The Morgan fingerprint density at radius 3 is 2.95 bits per heavy atom. The molecule has 2 aromatic heterocycles. The Bertz CT molecular complexity index is 751. The zero-order valence-electron chi connectivity index (χ0n) is 10.6. The van der Waals surface area contributed by atoms with E-state index in [0.717, 1.165) is 34.9 Å². The van der Waals surface area contributed by atoms with E-state index in [9.17, 15) is 4.79 Å². The van der Waals surface area contributed by atoms with E-state index >= 15 is 0 Å². The van der Waals surface area contributed by atoms with Gasteiger partial charge in [0, 0.05) is 30.2 Å². The van der Waals surface area contributed by atoms with Gasteiger partial charge >= 0.3 is 0 Å². The van der Waals surface area contributed by atoms with Gasteiger partial charge in [0.15, 0.2) is 5.13 Å². The number of aryl methyl sites for hydroxylation is 2. The van der Waals surface area contributed by atoms with E-state index in [4.69, 9.17) is 5.26 Å². The van der Waals surface area contributed by atoms with Gasteiger partial charge < -0.3 is 9.88 Å². The topological polar surface area (TPSA) is 72.8 Å². The fraction of sp³-hybridized carbons (Fsp3) is 0.308. The van der Waals surface area contributed by atoms with Crippen LogP contribution in [-0.4, -0.2) is 24.1 Å². The monoisotopic (exact) mass is 272 g/mol. The molecule has 1 aliphatic carbocycles. The number of hydrogen-bond donors (Lipinski definition) is 1. The van der Waals surface area contributed by atoms with E-state index in [0.29, 0.717) is 0 Å². The standard InChI is InChI=1S/C13H12N4OS/c1-17(2)13-16-11-8-5-7(6-14)12(18)15-9(8)3-4-10(11)19-13/h5H,3-4H2,1-2H3,(H,15,18). The molecule has 19 heavy (non-hydrogen) atoms. The van der Waals surface area contributed by atoms with Crippen molar-refractivity contribution in [3.63, 3.8) is 0 Å². The average molecular weight is 272 g/mol. The molecular formula is C13H12N4OS. The number of hydrogen-bond acceptors (Lipinski definition) is 5. The summed E-state index contributed by atoms with van der Waals surface area (Å²) in [6.45, 7) is 0. The molecule has 6 heteroatoms. The van der Waals surface area contributed by atoms with Crippen molar-refractivity contribution in [2.24, 2.45) is 0 Å². The van der Waals surface area contributed by atoms with Gasteiger partial charge in [0.05, 0.1) is 5.69 Å². The lowest BCUT2D eigenvalue weighted by Gasteiger charge is -2.14. The summed E-state index contributed by atoms with van der Waals surface area (Å²) in [5.41, 5.74) is 2.51. The molecule has 1 aliphatic rings. The summed E-state index contributed by atoms with van der Waals surface area (Å²) >= 11 is 1.66. The molecule has 0 bridgehead atoms. The molecule has 0 fully saturated rings. The molecule has 0 amide bonds. The van der Waals surface area contributed by atoms with Crippen LogP contribution in [0, 0.1) is 11.3 Å². The number of H-pyrrole nitrogens is 1. The smallest absolute Gasteiger partial charge is 0.266 e. The summed E-state index contributed by atoms with van der Waals surface area (Å²) in [5.74, 6) is 0. The van der Waals surface area contributed by atoms with Crippen LogP contribution in [0.1, 0.15) is 16.1 Å². The van der Waals surface area contributed by atoms with Gasteiger partial charge in [0.2, 0.25) is 0 Å². The number of fused-ring (bicyclic) bond motifs is 3. The first-order valence-electron chi connectivity index (χ1n) is 5.94. The zero-order chi connectivity index (χ0) is 13.6. The molecule has 0 spiro atoms.